The summed E-state index contributed by atoms with van der Waals surface area (Å²) in [7, 11) is 0. The molecule has 5 nitrogen and oxygen atoms in total. The standard InChI is InChI=1S/C13H12O5/c1-7-3-4-17-11(7)6-10(15)12-9(14)5-8(2)18-13(12)16/h3-5,14H,6H2,1-2H3. The first-order chi connectivity index (χ1) is 8.49. The molecule has 0 bridgehead atoms. The first kappa shape index (κ1) is 12.2. The summed E-state index contributed by atoms with van der Waals surface area (Å²) in [4.78, 5) is 23.5. The molecule has 0 aliphatic heterocycles. The van der Waals surface area contributed by atoms with Crippen molar-refractivity contribution in [2.45, 2.75) is 20.3 Å². The molecular weight excluding hydrogens is 236 g/mol. The van der Waals surface area contributed by atoms with Crippen LogP contribution in [0.15, 0.2) is 32.0 Å². The van der Waals surface area contributed by atoms with Crippen LogP contribution < -0.4 is 5.63 Å². The molecule has 18 heavy (non-hydrogen) atoms. The molecule has 0 atom stereocenters. The lowest BCUT2D eigenvalue weighted by Gasteiger charge is -2.02. The van der Waals surface area contributed by atoms with Crippen molar-refractivity contribution < 1.29 is 18.7 Å². The molecule has 0 saturated heterocycles. The fourth-order valence-electron chi connectivity index (χ4n) is 1.67. The van der Waals surface area contributed by atoms with Gasteiger partial charge in [0.05, 0.1) is 12.7 Å². The Morgan fingerprint density at radius 2 is 2.11 bits per heavy atom. The minimum Gasteiger partial charge on any atom is -0.507 e. The zero-order valence-electron chi connectivity index (χ0n) is 10.0. The molecule has 2 aromatic heterocycles. The zero-order chi connectivity index (χ0) is 13.3. The summed E-state index contributed by atoms with van der Waals surface area (Å²) in [5.41, 5.74) is -0.350. The number of aryl methyl sites for hydroxylation is 2. The van der Waals surface area contributed by atoms with E-state index < -0.39 is 11.4 Å². The molecule has 0 fully saturated rings. The van der Waals surface area contributed by atoms with Crippen LogP contribution in [0.2, 0.25) is 0 Å². The number of hydrogen-bond acceptors (Lipinski definition) is 5. The highest BCUT2D eigenvalue weighted by atomic mass is 16.4. The number of ketones is 1. The largest absolute Gasteiger partial charge is 0.507 e. The number of Topliss-reactive ketones (excluding diaryl/α,β-unsaturated/α-hetero) is 1. The van der Waals surface area contributed by atoms with Gasteiger partial charge in [0.1, 0.15) is 22.8 Å². The highest BCUT2D eigenvalue weighted by Crippen LogP contribution is 2.18. The van der Waals surface area contributed by atoms with Crippen LogP contribution in [0.25, 0.3) is 0 Å². The van der Waals surface area contributed by atoms with E-state index in [2.05, 4.69) is 0 Å². The summed E-state index contributed by atoms with van der Waals surface area (Å²) < 4.78 is 9.92. The molecule has 0 aliphatic rings. The maximum absolute atomic E-state index is 11.9. The first-order valence-electron chi connectivity index (χ1n) is 5.39. The van der Waals surface area contributed by atoms with Crippen LogP contribution in [-0.4, -0.2) is 10.9 Å². The van der Waals surface area contributed by atoms with Gasteiger partial charge in [0.2, 0.25) is 0 Å². The second-order valence-corrected chi connectivity index (χ2v) is 4.03. The molecule has 0 unspecified atom stereocenters. The van der Waals surface area contributed by atoms with Crippen LogP contribution in [-0.2, 0) is 6.42 Å². The average molecular weight is 248 g/mol. The Balaban J connectivity index is 2.36. The quantitative estimate of drug-likeness (QED) is 0.840. The number of aromatic hydroxyl groups is 1. The van der Waals surface area contributed by atoms with Crippen molar-refractivity contribution in [2.24, 2.45) is 0 Å². The molecule has 0 aromatic carbocycles. The van der Waals surface area contributed by atoms with Gasteiger partial charge in [-0.25, -0.2) is 4.79 Å². The summed E-state index contributed by atoms with van der Waals surface area (Å²) in [6, 6.07) is 2.96. The van der Waals surface area contributed by atoms with Gasteiger partial charge in [0, 0.05) is 6.07 Å². The van der Waals surface area contributed by atoms with Crippen LogP contribution >= 0.6 is 0 Å². The maximum atomic E-state index is 11.9. The van der Waals surface area contributed by atoms with E-state index in [0.29, 0.717) is 5.76 Å². The topological polar surface area (TPSA) is 80.6 Å². The van der Waals surface area contributed by atoms with Gasteiger partial charge in [-0.2, -0.15) is 0 Å². The Bertz CT molecular complexity index is 648. The minimum absolute atomic E-state index is 0.0831. The van der Waals surface area contributed by atoms with Gasteiger partial charge in [-0.1, -0.05) is 0 Å². The molecule has 0 spiro atoms. The fraction of sp³-hybridized carbons (Fsp3) is 0.231. The Hall–Kier alpha value is -2.30. The SMILES string of the molecule is Cc1cc(O)c(C(=O)Cc2occc2C)c(=O)o1. The zero-order valence-corrected chi connectivity index (χ0v) is 10.0. The van der Waals surface area contributed by atoms with E-state index in [1.165, 1.54) is 19.3 Å². The highest BCUT2D eigenvalue weighted by Gasteiger charge is 2.20. The third-order valence-corrected chi connectivity index (χ3v) is 2.62. The summed E-state index contributed by atoms with van der Waals surface area (Å²) in [5, 5.41) is 9.63. The fourth-order valence-corrected chi connectivity index (χ4v) is 1.67. The van der Waals surface area contributed by atoms with Crippen molar-refractivity contribution in [2.75, 3.05) is 0 Å². The van der Waals surface area contributed by atoms with Gasteiger partial charge >= 0.3 is 5.63 Å². The lowest BCUT2D eigenvalue weighted by molar-refractivity contribution is 0.0979. The molecule has 0 amide bonds. The predicted octanol–water partition coefficient (Wildman–Crippen LogP) is 1.98. The maximum Gasteiger partial charge on any atom is 0.350 e. The molecular formula is C13H12O5. The second kappa shape index (κ2) is 4.52. The third kappa shape index (κ3) is 2.20. The Kier molecular flexibility index (Phi) is 3.06. The third-order valence-electron chi connectivity index (χ3n) is 2.62. The van der Waals surface area contributed by atoms with Crippen molar-refractivity contribution >= 4 is 5.78 Å². The van der Waals surface area contributed by atoms with Crippen molar-refractivity contribution in [1.82, 2.24) is 0 Å². The van der Waals surface area contributed by atoms with Gasteiger partial charge in [0.15, 0.2) is 5.78 Å². The normalized spacial score (nSPS) is 10.6. The van der Waals surface area contributed by atoms with Gasteiger partial charge in [-0.15, -0.1) is 0 Å². The van der Waals surface area contributed by atoms with E-state index in [4.69, 9.17) is 8.83 Å². The van der Waals surface area contributed by atoms with Gasteiger partial charge in [-0.05, 0) is 25.5 Å². The molecule has 1 N–H and O–H groups in total. The van der Waals surface area contributed by atoms with Crippen molar-refractivity contribution in [1.29, 1.82) is 0 Å². The smallest absolute Gasteiger partial charge is 0.350 e. The summed E-state index contributed by atoms with van der Waals surface area (Å²) in [6.45, 7) is 3.32. The summed E-state index contributed by atoms with van der Waals surface area (Å²) >= 11 is 0. The Morgan fingerprint density at radius 3 is 2.67 bits per heavy atom. The van der Waals surface area contributed by atoms with E-state index in [9.17, 15) is 14.7 Å². The van der Waals surface area contributed by atoms with Crippen LogP contribution in [0.4, 0.5) is 0 Å². The van der Waals surface area contributed by atoms with Crippen LogP contribution in [0, 0.1) is 13.8 Å². The first-order valence-corrected chi connectivity index (χ1v) is 5.39. The number of rotatable bonds is 3. The molecule has 0 radical (unpaired) electrons. The number of carbonyl (C=O) groups excluding carboxylic acids is 1. The monoisotopic (exact) mass is 248 g/mol. The lowest BCUT2D eigenvalue weighted by Crippen LogP contribution is -2.16. The number of hydrogen-bond donors (Lipinski definition) is 1. The average Bonchev–Trinajstić information content (AvgIpc) is 2.62. The summed E-state index contributed by atoms with van der Waals surface area (Å²) in [6.07, 6.45) is 1.38. The van der Waals surface area contributed by atoms with E-state index in [1.54, 1.807) is 13.0 Å². The molecule has 94 valence electrons. The van der Waals surface area contributed by atoms with E-state index in [-0.39, 0.29) is 23.5 Å². The van der Waals surface area contributed by atoms with Crippen molar-refractivity contribution in [3.63, 3.8) is 0 Å². The minimum atomic E-state index is -0.832. The molecule has 0 aliphatic carbocycles. The lowest BCUT2D eigenvalue weighted by atomic mass is 10.1. The van der Waals surface area contributed by atoms with Gasteiger partial charge < -0.3 is 13.9 Å². The van der Waals surface area contributed by atoms with Gasteiger partial charge in [-0.3, -0.25) is 4.79 Å². The van der Waals surface area contributed by atoms with Crippen LogP contribution in [0.3, 0.4) is 0 Å². The number of furan rings is 1. The second-order valence-electron chi connectivity index (χ2n) is 4.03. The van der Waals surface area contributed by atoms with Crippen LogP contribution in [0.5, 0.6) is 5.75 Å². The van der Waals surface area contributed by atoms with E-state index in [0.717, 1.165) is 5.56 Å². The Labute approximate surface area is 103 Å². The molecule has 0 saturated carbocycles. The van der Waals surface area contributed by atoms with E-state index >= 15 is 0 Å². The van der Waals surface area contributed by atoms with Gasteiger partial charge in [0.25, 0.3) is 0 Å². The molecule has 2 heterocycles. The molecule has 2 rings (SSSR count). The van der Waals surface area contributed by atoms with Crippen molar-refractivity contribution in [3.8, 4) is 5.75 Å². The van der Waals surface area contributed by atoms with Crippen LogP contribution in [0.1, 0.15) is 27.4 Å². The summed E-state index contributed by atoms with van der Waals surface area (Å²) in [5.74, 6) is -0.167. The molecule has 5 heteroatoms. The van der Waals surface area contributed by atoms with E-state index in [1.807, 2.05) is 0 Å². The highest BCUT2D eigenvalue weighted by molar-refractivity contribution is 5.99. The Morgan fingerprint density at radius 1 is 1.39 bits per heavy atom. The predicted molar refractivity (Wildman–Crippen MR) is 62.9 cm³/mol. The molecule has 2 aromatic rings. The van der Waals surface area contributed by atoms with Crippen molar-refractivity contribution in [3.05, 3.63) is 51.5 Å². The number of carbonyl (C=O) groups is 1.